The van der Waals surface area contributed by atoms with Crippen LogP contribution in [-0.2, 0) is 6.42 Å². The van der Waals surface area contributed by atoms with Crippen LogP contribution in [0.25, 0.3) is 21.9 Å². The van der Waals surface area contributed by atoms with Crippen LogP contribution in [0.1, 0.15) is 18.1 Å². The van der Waals surface area contributed by atoms with Crippen molar-refractivity contribution >= 4 is 40.4 Å². The molecule has 4 heteroatoms. The second-order valence-electron chi connectivity index (χ2n) is 8.85. The van der Waals surface area contributed by atoms with Crippen molar-refractivity contribution < 1.29 is 10.0 Å². The molecule has 0 heterocycles. The first-order valence-corrected chi connectivity index (χ1v) is 12.0. The van der Waals surface area contributed by atoms with Gasteiger partial charge in [0.25, 0.3) is 0 Å². The molecule has 172 valence electrons. The molecule has 0 aliphatic carbocycles. The molecule has 0 amide bonds. The van der Waals surface area contributed by atoms with E-state index in [1.165, 1.54) is 33.0 Å². The maximum Gasteiger partial charge on any atom is 0.488 e. The van der Waals surface area contributed by atoms with Gasteiger partial charge in [-0.2, -0.15) is 0 Å². The lowest BCUT2D eigenvalue weighted by molar-refractivity contribution is 0.426. The van der Waals surface area contributed by atoms with Crippen LogP contribution in [0.15, 0.2) is 109 Å². The van der Waals surface area contributed by atoms with Gasteiger partial charge in [0.2, 0.25) is 0 Å². The first-order valence-electron chi connectivity index (χ1n) is 12.0. The summed E-state index contributed by atoms with van der Waals surface area (Å²) in [5, 5.41) is 21.5. The zero-order valence-electron chi connectivity index (χ0n) is 20.0. The van der Waals surface area contributed by atoms with Crippen LogP contribution in [0.4, 0.5) is 17.1 Å². The third-order valence-electron chi connectivity index (χ3n) is 6.56. The summed E-state index contributed by atoms with van der Waals surface area (Å²) in [7, 11) is -1.48. The zero-order chi connectivity index (χ0) is 24.4. The van der Waals surface area contributed by atoms with Gasteiger partial charge in [-0.1, -0.05) is 85.8 Å². The SMILES string of the molecule is CCc1cccc(C)c1N(c1ccc(B(O)O)cc1)c1ccc2cc(-c3ccccc3)ccc2c1. The molecule has 2 N–H and O–H groups in total. The maximum absolute atomic E-state index is 9.58. The lowest BCUT2D eigenvalue weighted by Crippen LogP contribution is -2.29. The molecule has 0 atom stereocenters. The Kier molecular flexibility index (Phi) is 6.41. The molecule has 0 saturated carbocycles. The Morgan fingerprint density at radius 1 is 0.657 bits per heavy atom. The van der Waals surface area contributed by atoms with Crippen molar-refractivity contribution in [1.82, 2.24) is 0 Å². The normalized spacial score (nSPS) is 11.0. The summed E-state index contributed by atoms with van der Waals surface area (Å²) in [6, 6.07) is 37.5. The van der Waals surface area contributed by atoms with E-state index in [9.17, 15) is 10.0 Å². The molecule has 0 aliphatic heterocycles. The fraction of sp³-hybridized carbons (Fsp3) is 0.0968. The number of nitrogens with zero attached hydrogens (tertiary/aromatic N) is 1. The minimum Gasteiger partial charge on any atom is -0.423 e. The van der Waals surface area contributed by atoms with Gasteiger partial charge in [0.1, 0.15) is 0 Å². The molecule has 0 saturated heterocycles. The van der Waals surface area contributed by atoms with Gasteiger partial charge in [-0.15, -0.1) is 0 Å². The van der Waals surface area contributed by atoms with Crippen molar-refractivity contribution in [3.05, 3.63) is 120 Å². The Hall–Kier alpha value is -3.86. The summed E-state index contributed by atoms with van der Waals surface area (Å²) in [5.74, 6) is 0. The minimum absolute atomic E-state index is 0.473. The first-order chi connectivity index (χ1) is 17.0. The highest BCUT2D eigenvalue weighted by Gasteiger charge is 2.19. The quantitative estimate of drug-likeness (QED) is 0.285. The topological polar surface area (TPSA) is 43.7 Å². The van der Waals surface area contributed by atoms with Gasteiger partial charge in [-0.25, -0.2) is 0 Å². The summed E-state index contributed by atoms with van der Waals surface area (Å²) in [6.45, 7) is 4.31. The Labute approximate surface area is 207 Å². The van der Waals surface area contributed by atoms with Crippen molar-refractivity contribution in [1.29, 1.82) is 0 Å². The minimum atomic E-state index is -1.48. The average molecular weight is 457 g/mol. The van der Waals surface area contributed by atoms with Gasteiger partial charge < -0.3 is 14.9 Å². The predicted molar refractivity (Wildman–Crippen MR) is 148 cm³/mol. The van der Waals surface area contributed by atoms with E-state index >= 15 is 0 Å². The van der Waals surface area contributed by atoms with E-state index in [1.54, 1.807) is 12.1 Å². The molecule has 0 bridgehead atoms. The van der Waals surface area contributed by atoms with Crippen molar-refractivity contribution in [3.8, 4) is 11.1 Å². The molecule has 0 aromatic heterocycles. The predicted octanol–water partition coefficient (Wildman–Crippen LogP) is 6.53. The largest absolute Gasteiger partial charge is 0.488 e. The van der Waals surface area contributed by atoms with E-state index in [4.69, 9.17) is 0 Å². The molecule has 35 heavy (non-hydrogen) atoms. The molecule has 0 radical (unpaired) electrons. The Balaban J connectivity index is 1.65. The number of fused-ring (bicyclic) bond motifs is 1. The van der Waals surface area contributed by atoms with Crippen LogP contribution < -0.4 is 10.4 Å². The van der Waals surface area contributed by atoms with E-state index in [-0.39, 0.29) is 0 Å². The standard InChI is InChI=1S/C31H28BNO2/c1-3-23-11-7-8-22(2)31(23)33(29-18-15-28(16-19-29)32(34)35)30-17-14-26-20-25(12-13-27(26)21-30)24-9-5-4-6-10-24/h4-21,34-35H,3H2,1-2H3. The number of anilines is 3. The van der Waals surface area contributed by atoms with E-state index in [0.717, 1.165) is 23.5 Å². The van der Waals surface area contributed by atoms with E-state index in [2.05, 4.69) is 97.6 Å². The highest BCUT2D eigenvalue weighted by molar-refractivity contribution is 6.58. The third-order valence-corrected chi connectivity index (χ3v) is 6.56. The van der Waals surface area contributed by atoms with Crippen molar-refractivity contribution in [2.75, 3.05) is 4.90 Å². The van der Waals surface area contributed by atoms with Crippen molar-refractivity contribution in [3.63, 3.8) is 0 Å². The molecule has 5 rings (SSSR count). The second-order valence-corrected chi connectivity index (χ2v) is 8.85. The van der Waals surface area contributed by atoms with Crippen LogP contribution in [0, 0.1) is 6.92 Å². The molecular formula is C31H28BNO2. The van der Waals surface area contributed by atoms with Crippen LogP contribution in [-0.4, -0.2) is 17.2 Å². The summed E-state index contributed by atoms with van der Waals surface area (Å²) in [6.07, 6.45) is 0.912. The molecular weight excluding hydrogens is 429 g/mol. The number of rotatable bonds is 6. The molecule has 3 nitrogen and oxygen atoms in total. The fourth-order valence-corrected chi connectivity index (χ4v) is 4.71. The summed E-state index contributed by atoms with van der Waals surface area (Å²) >= 11 is 0. The van der Waals surface area contributed by atoms with E-state index in [0.29, 0.717) is 5.46 Å². The van der Waals surface area contributed by atoms with Crippen LogP contribution in [0.3, 0.4) is 0 Å². The average Bonchev–Trinajstić information content (AvgIpc) is 2.90. The van der Waals surface area contributed by atoms with E-state index in [1.807, 2.05) is 18.2 Å². The molecule has 0 aliphatic rings. The van der Waals surface area contributed by atoms with Gasteiger partial charge in [0.05, 0.1) is 5.69 Å². The molecule has 5 aromatic carbocycles. The third kappa shape index (κ3) is 4.59. The van der Waals surface area contributed by atoms with Crippen LogP contribution >= 0.6 is 0 Å². The van der Waals surface area contributed by atoms with Gasteiger partial charge in [-0.05, 0) is 82.2 Å². The fourth-order valence-electron chi connectivity index (χ4n) is 4.71. The van der Waals surface area contributed by atoms with E-state index < -0.39 is 7.12 Å². The summed E-state index contributed by atoms with van der Waals surface area (Å²) in [4.78, 5) is 2.27. The maximum atomic E-state index is 9.58. The first kappa shape index (κ1) is 22.9. The van der Waals surface area contributed by atoms with Gasteiger partial charge in [-0.3, -0.25) is 0 Å². The number of aryl methyl sites for hydroxylation is 2. The summed E-state index contributed by atoms with van der Waals surface area (Å²) in [5.41, 5.74) is 8.52. The van der Waals surface area contributed by atoms with Gasteiger partial charge >= 0.3 is 7.12 Å². The van der Waals surface area contributed by atoms with Crippen LogP contribution in [0.2, 0.25) is 0 Å². The van der Waals surface area contributed by atoms with Crippen molar-refractivity contribution in [2.45, 2.75) is 20.3 Å². The number of hydrogen-bond acceptors (Lipinski definition) is 3. The lowest BCUT2D eigenvalue weighted by Gasteiger charge is -2.29. The molecule has 0 unspecified atom stereocenters. The Bertz CT molecular complexity index is 1460. The number of hydrogen-bond donors (Lipinski definition) is 2. The Morgan fingerprint density at radius 2 is 1.34 bits per heavy atom. The lowest BCUT2D eigenvalue weighted by atomic mass is 9.80. The monoisotopic (exact) mass is 457 g/mol. The molecule has 0 spiro atoms. The number of para-hydroxylation sites is 1. The zero-order valence-corrected chi connectivity index (χ0v) is 20.0. The molecule has 0 fully saturated rings. The highest BCUT2D eigenvalue weighted by atomic mass is 16.4. The smallest absolute Gasteiger partial charge is 0.423 e. The molecule has 5 aromatic rings. The second kappa shape index (κ2) is 9.79. The van der Waals surface area contributed by atoms with Crippen LogP contribution in [0.5, 0.6) is 0 Å². The van der Waals surface area contributed by atoms with Crippen molar-refractivity contribution in [2.24, 2.45) is 0 Å². The number of benzene rings is 5. The highest BCUT2D eigenvalue weighted by Crippen LogP contribution is 2.40. The van der Waals surface area contributed by atoms with Gasteiger partial charge in [0.15, 0.2) is 0 Å². The summed E-state index contributed by atoms with van der Waals surface area (Å²) < 4.78 is 0. The van der Waals surface area contributed by atoms with Gasteiger partial charge in [0, 0.05) is 11.4 Å². The Morgan fingerprint density at radius 3 is 2.06 bits per heavy atom.